The van der Waals surface area contributed by atoms with Crippen LogP contribution in [0, 0.1) is 13.8 Å². The molecule has 0 bridgehead atoms. The Bertz CT molecular complexity index is 607. The van der Waals surface area contributed by atoms with Crippen LogP contribution in [0.15, 0.2) is 14.6 Å². The Morgan fingerprint density at radius 3 is 2.70 bits per heavy atom. The van der Waals surface area contributed by atoms with Gasteiger partial charge in [0.2, 0.25) is 4.90 Å². The van der Waals surface area contributed by atoms with E-state index in [0.29, 0.717) is 37.4 Å². The highest BCUT2D eigenvalue weighted by atomic mass is 32.3. The number of sulfonamides is 1. The lowest BCUT2D eigenvalue weighted by molar-refractivity contribution is -0.00604. The summed E-state index contributed by atoms with van der Waals surface area (Å²) in [7, 11) is -3.59. The van der Waals surface area contributed by atoms with E-state index >= 15 is 0 Å². The highest BCUT2D eigenvalue weighted by Gasteiger charge is 2.51. The molecule has 2 aliphatic rings. The van der Waals surface area contributed by atoms with E-state index in [4.69, 9.17) is 9.36 Å². The quantitative estimate of drug-likeness (QED) is 0.770. The number of oxime groups is 1. The summed E-state index contributed by atoms with van der Waals surface area (Å²) in [4.78, 5) is 5.63. The van der Waals surface area contributed by atoms with Crippen LogP contribution in [-0.2, 0) is 19.4 Å². The Morgan fingerprint density at radius 2 is 2.15 bits per heavy atom. The average molecular weight is 299 g/mol. The summed E-state index contributed by atoms with van der Waals surface area (Å²) in [6.07, 6.45) is 1.33. The fourth-order valence-corrected chi connectivity index (χ4v) is 4.72. The summed E-state index contributed by atoms with van der Waals surface area (Å²) in [6.45, 7) is 5.88. The first kappa shape index (κ1) is 13.7. The summed E-state index contributed by atoms with van der Waals surface area (Å²) >= 11 is 0. The predicted octanol–water partition coefficient (Wildman–Crippen LogP) is 1.44. The molecule has 0 aliphatic carbocycles. The minimum atomic E-state index is -3.59. The summed E-state index contributed by atoms with van der Waals surface area (Å²) < 4.78 is 31.8. The Balaban J connectivity index is 1.86. The van der Waals surface area contributed by atoms with Crippen LogP contribution in [0.1, 0.15) is 31.2 Å². The van der Waals surface area contributed by atoms with E-state index in [-0.39, 0.29) is 4.90 Å². The van der Waals surface area contributed by atoms with E-state index in [1.54, 1.807) is 13.8 Å². The summed E-state index contributed by atoms with van der Waals surface area (Å²) in [5, 5.41) is 7.67. The zero-order valence-corrected chi connectivity index (χ0v) is 12.5. The van der Waals surface area contributed by atoms with Crippen molar-refractivity contribution in [2.75, 3.05) is 13.1 Å². The number of aromatic nitrogens is 1. The summed E-state index contributed by atoms with van der Waals surface area (Å²) in [6, 6.07) is 0. The molecule has 0 amide bonds. The molecule has 3 rings (SSSR count). The molecule has 1 saturated heterocycles. The molecule has 7 nitrogen and oxygen atoms in total. The van der Waals surface area contributed by atoms with Crippen molar-refractivity contribution in [1.29, 1.82) is 0 Å². The fourth-order valence-electron chi connectivity index (χ4n) is 2.91. The SMILES string of the molecule is CC1=NOC2(CCN([S+](=O)([O-])c3c(C)noc3C)C2)C1. The van der Waals surface area contributed by atoms with Crippen LogP contribution in [0.25, 0.3) is 0 Å². The monoisotopic (exact) mass is 299 g/mol. The first-order chi connectivity index (χ1) is 9.34. The lowest BCUT2D eigenvalue weighted by Crippen LogP contribution is -2.39. The second kappa shape index (κ2) is 4.37. The normalized spacial score (nSPS) is 29.5. The van der Waals surface area contributed by atoms with Crippen LogP contribution in [0.3, 0.4) is 0 Å². The van der Waals surface area contributed by atoms with Gasteiger partial charge in [-0.3, -0.25) is 0 Å². The third kappa shape index (κ3) is 1.99. The average Bonchev–Trinajstić information content (AvgIpc) is 3.03. The maximum Gasteiger partial charge on any atom is 0.240 e. The molecule has 0 radical (unpaired) electrons. The van der Waals surface area contributed by atoms with E-state index in [1.807, 2.05) is 6.92 Å². The van der Waals surface area contributed by atoms with Gasteiger partial charge in [-0.2, -0.15) is 0 Å². The van der Waals surface area contributed by atoms with Crippen LogP contribution < -0.4 is 0 Å². The maximum atomic E-state index is 12.7. The van der Waals surface area contributed by atoms with Crippen molar-refractivity contribution in [2.45, 2.75) is 44.1 Å². The third-order valence-corrected chi connectivity index (χ3v) is 5.91. The molecule has 20 heavy (non-hydrogen) atoms. The number of hydrogen-bond acceptors (Lipinski definition) is 6. The second-order valence-corrected chi connectivity index (χ2v) is 7.39. The smallest absolute Gasteiger partial charge is 0.240 e. The van der Waals surface area contributed by atoms with Gasteiger partial charge in [0, 0.05) is 26.3 Å². The first-order valence-electron chi connectivity index (χ1n) is 6.49. The molecule has 1 aromatic rings. The molecular weight excluding hydrogens is 282 g/mol. The molecule has 3 heterocycles. The van der Waals surface area contributed by atoms with E-state index < -0.39 is 16.0 Å². The van der Waals surface area contributed by atoms with Crippen molar-refractivity contribution in [2.24, 2.45) is 5.16 Å². The predicted molar refractivity (Wildman–Crippen MR) is 70.8 cm³/mol. The molecule has 2 atom stereocenters. The summed E-state index contributed by atoms with van der Waals surface area (Å²) in [5.41, 5.74) is 0.806. The van der Waals surface area contributed by atoms with E-state index in [1.165, 1.54) is 4.31 Å². The number of nitrogens with zero attached hydrogens (tertiary/aromatic N) is 3. The third-order valence-electron chi connectivity index (χ3n) is 3.82. The standard InChI is InChI=1S/C12H17N3O4S/c1-8-6-12(19-13-8)4-5-15(7-12)20(16,17)11-9(2)14-18-10(11)3/h4-7H2,1-3H3. The Kier molecular flexibility index (Phi) is 3.00. The van der Waals surface area contributed by atoms with Gasteiger partial charge in [0.25, 0.3) is 0 Å². The molecule has 8 heteroatoms. The van der Waals surface area contributed by atoms with E-state index in [2.05, 4.69) is 10.3 Å². The molecule has 0 N–H and O–H groups in total. The van der Waals surface area contributed by atoms with Crippen LogP contribution >= 0.6 is 0 Å². The highest BCUT2D eigenvalue weighted by molar-refractivity contribution is 7.95. The Hall–Kier alpha value is -1.25. The molecule has 1 aromatic heterocycles. The van der Waals surface area contributed by atoms with Crippen LogP contribution in [-0.4, -0.2) is 38.4 Å². The van der Waals surface area contributed by atoms with Gasteiger partial charge in [0.15, 0.2) is 21.8 Å². The Morgan fingerprint density at radius 1 is 1.40 bits per heavy atom. The van der Waals surface area contributed by atoms with E-state index in [0.717, 1.165) is 5.71 Å². The van der Waals surface area contributed by atoms with Crippen molar-refractivity contribution in [3.63, 3.8) is 0 Å². The van der Waals surface area contributed by atoms with Gasteiger partial charge in [0.1, 0.15) is 5.69 Å². The number of hydrogen-bond donors (Lipinski definition) is 0. The maximum absolute atomic E-state index is 12.7. The van der Waals surface area contributed by atoms with E-state index in [9.17, 15) is 8.76 Å². The molecule has 110 valence electrons. The molecule has 0 aromatic carbocycles. The molecule has 1 spiro atoms. The van der Waals surface area contributed by atoms with Crippen LogP contribution in [0.5, 0.6) is 0 Å². The van der Waals surface area contributed by atoms with Crippen molar-refractivity contribution in [3.8, 4) is 0 Å². The molecule has 0 saturated carbocycles. The highest BCUT2D eigenvalue weighted by Crippen LogP contribution is 2.38. The fraction of sp³-hybridized carbons (Fsp3) is 0.667. The minimum Gasteiger partial charge on any atom is -0.593 e. The molecule has 2 unspecified atom stereocenters. The minimum absolute atomic E-state index is 0.171. The van der Waals surface area contributed by atoms with Crippen molar-refractivity contribution in [3.05, 3.63) is 11.5 Å². The van der Waals surface area contributed by atoms with Gasteiger partial charge in [-0.1, -0.05) is 14.5 Å². The lowest BCUT2D eigenvalue weighted by Gasteiger charge is -2.24. The molecule has 1 fully saturated rings. The lowest BCUT2D eigenvalue weighted by atomic mass is 9.97. The molecular formula is C12H17N3O4S. The van der Waals surface area contributed by atoms with Gasteiger partial charge in [-0.05, 0) is 13.8 Å². The molecule has 2 aliphatic heterocycles. The zero-order chi connectivity index (χ0) is 14.5. The number of rotatable bonds is 2. The van der Waals surface area contributed by atoms with Crippen LogP contribution in [0.2, 0.25) is 0 Å². The Labute approximate surface area is 118 Å². The van der Waals surface area contributed by atoms with Crippen LogP contribution in [0.4, 0.5) is 0 Å². The van der Waals surface area contributed by atoms with Crippen molar-refractivity contribution >= 4 is 16.1 Å². The van der Waals surface area contributed by atoms with Gasteiger partial charge in [-0.15, -0.1) is 4.31 Å². The van der Waals surface area contributed by atoms with Gasteiger partial charge < -0.3 is 13.9 Å². The van der Waals surface area contributed by atoms with Crippen molar-refractivity contribution in [1.82, 2.24) is 9.46 Å². The van der Waals surface area contributed by atoms with Crippen molar-refractivity contribution < 1.29 is 18.1 Å². The van der Waals surface area contributed by atoms with Gasteiger partial charge in [0.05, 0.1) is 12.3 Å². The largest absolute Gasteiger partial charge is 0.593 e. The number of aryl methyl sites for hydroxylation is 2. The zero-order valence-electron chi connectivity index (χ0n) is 11.7. The second-order valence-electron chi connectivity index (χ2n) is 5.52. The first-order valence-corrected chi connectivity index (χ1v) is 7.93. The van der Waals surface area contributed by atoms with Gasteiger partial charge in [-0.25, -0.2) is 0 Å². The summed E-state index contributed by atoms with van der Waals surface area (Å²) in [5.74, 6) is 0.322. The van der Waals surface area contributed by atoms with Gasteiger partial charge >= 0.3 is 0 Å². The topological polar surface area (TPSA) is 91.0 Å².